The summed E-state index contributed by atoms with van der Waals surface area (Å²) in [5, 5.41) is 15.9. The molecule has 0 aromatic heterocycles. The van der Waals surface area contributed by atoms with Crippen molar-refractivity contribution in [3.8, 4) is 0 Å². The van der Waals surface area contributed by atoms with E-state index in [-0.39, 0.29) is 30.3 Å². The molecule has 1 heterocycles. The van der Waals surface area contributed by atoms with Crippen molar-refractivity contribution >= 4 is 46.4 Å². The summed E-state index contributed by atoms with van der Waals surface area (Å²) in [6.07, 6.45) is 2.05. The second-order valence-electron chi connectivity index (χ2n) is 9.35. The SMILES string of the molecule is CC(=O)N1c2ccc(C(=O)Nc3ccc(CCCC(=O)O)cc3)cc2C(Nc2ccc(Cl)cc2)CC1C. The van der Waals surface area contributed by atoms with Crippen LogP contribution in [0.3, 0.4) is 0 Å². The van der Waals surface area contributed by atoms with E-state index in [9.17, 15) is 14.4 Å². The van der Waals surface area contributed by atoms with E-state index in [1.165, 1.54) is 0 Å². The predicted octanol–water partition coefficient (Wildman–Crippen LogP) is 6.30. The van der Waals surface area contributed by atoms with Crippen molar-refractivity contribution in [3.63, 3.8) is 0 Å². The molecule has 3 aromatic rings. The van der Waals surface area contributed by atoms with E-state index in [2.05, 4.69) is 10.6 Å². The fourth-order valence-corrected chi connectivity index (χ4v) is 4.90. The molecule has 1 aliphatic heterocycles. The Labute approximate surface area is 221 Å². The van der Waals surface area contributed by atoms with Crippen molar-refractivity contribution < 1.29 is 19.5 Å². The Morgan fingerprint density at radius 3 is 2.32 bits per heavy atom. The van der Waals surface area contributed by atoms with Gasteiger partial charge in [-0.1, -0.05) is 23.7 Å². The molecule has 0 fully saturated rings. The van der Waals surface area contributed by atoms with Crippen molar-refractivity contribution in [2.75, 3.05) is 15.5 Å². The highest BCUT2D eigenvalue weighted by molar-refractivity contribution is 6.30. The van der Waals surface area contributed by atoms with Crippen molar-refractivity contribution in [1.82, 2.24) is 0 Å². The van der Waals surface area contributed by atoms with Gasteiger partial charge in [-0.15, -0.1) is 0 Å². The Bertz CT molecular complexity index is 1290. The summed E-state index contributed by atoms with van der Waals surface area (Å²) in [6, 6.07) is 20.2. The van der Waals surface area contributed by atoms with Gasteiger partial charge >= 0.3 is 5.97 Å². The average Bonchev–Trinajstić information content (AvgIpc) is 2.85. The molecule has 0 aliphatic carbocycles. The number of rotatable bonds is 8. The third-order valence-electron chi connectivity index (χ3n) is 6.53. The maximum Gasteiger partial charge on any atom is 0.303 e. The second kappa shape index (κ2) is 11.5. The monoisotopic (exact) mass is 519 g/mol. The smallest absolute Gasteiger partial charge is 0.303 e. The molecule has 2 amide bonds. The highest BCUT2D eigenvalue weighted by Crippen LogP contribution is 2.40. The van der Waals surface area contributed by atoms with Crippen LogP contribution < -0.4 is 15.5 Å². The number of nitrogens with one attached hydrogen (secondary N) is 2. The zero-order valence-electron chi connectivity index (χ0n) is 20.8. The molecule has 3 aromatic carbocycles. The fraction of sp³-hybridized carbons (Fsp3) is 0.276. The van der Waals surface area contributed by atoms with Crippen LogP contribution in [0.25, 0.3) is 0 Å². The number of hydrogen-bond acceptors (Lipinski definition) is 4. The number of benzene rings is 3. The number of amides is 2. The number of carboxylic acid groups (broad SMARTS) is 1. The van der Waals surface area contributed by atoms with Gasteiger partial charge in [-0.05, 0) is 91.9 Å². The number of nitrogens with zero attached hydrogens (tertiary/aromatic N) is 1. The van der Waals surface area contributed by atoms with Crippen LogP contribution in [-0.4, -0.2) is 28.9 Å². The average molecular weight is 520 g/mol. The topological polar surface area (TPSA) is 98.7 Å². The summed E-state index contributed by atoms with van der Waals surface area (Å²) in [7, 11) is 0. The van der Waals surface area contributed by atoms with Crippen molar-refractivity contribution in [2.24, 2.45) is 0 Å². The lowest BCUT2D eigenvalue weighted by atomic mass is 9.90. The quantitative estimate of drug-likeness (QED) is 0.324. The Balaban J connectivity index is 1.54. The summed E-state index contributed by atoms with van der Waals surface area (Å²) in [5.74, 6) is -1.10. The molecule has 3 N–H and O–H groups in total. The number of aryl methyl sites for hydroxylation is 1. The molecule has 1 aliphatic rings. The van der Waals surface area contributed by atoms with Gasteiger partial charge in [0.25, 0.3) is 5.91 Å². The zero-order chi connectivity index (χ0) is 26.5. The first kappa shape index (κ1) is 26.2. The Morgan fingerprint density at radius 1 is 1.00 bits per heavy atom. The molecule has 0 spiro atoms. The zero-order valence-corrected chi connectivity index (χ0v) is 21.6. The first-order valence-electron chi connectivity index (χ1n) is 12.3. The minimum atomic E-state index is -0.805. The van der Waals surface area contributed by atoms with Crippen LogP contribution in [0.5, 0.6) is 0 Å². The number of halogens is 1. The Hall–Kier alpha value is -3.84. The summed E-state index contributed by atoms with van der Waals surface area (Å²) >= 11 is 6.04. The molecule has 2 unspecified atom stereocenters. The number of aliphatic carboxylic acids is 1. The molecule has 4 rings (SSSR count). The Morgan fingerprint density at radius 2 is 1.68 bits per heavy atom. The van der Waals surface area contributed by atoms with E-state index in [1.807, 2.05) is 67.6 Å². The predicted molar refractivity (Wildman–Crippen MR) is 146 cm³/mol. The number of fused-ring (bicyclic) bond motifs is 1. The maximum atomic E-state index is 13.1. The molecular weight excluding hydrogens is 490 g/mol. The van der Waals surface area contributed by atoms with Gasteiger partial charge < -0.3 is 20.6 Å². The standard InChI is InChI=1S/C29H30ClN3O4/c1-18-16-26(31-23-13-9-22(30)10-14-23)25-17-21(8-15-27(25)33(18)19(2)34)29(37)32-24-11-6-20(7-12-24)4-3-5-28(35)36/h6-15,17-18,26,31H,3-5,16H2,1-2H3,(H,32,37)(H,35,36). The molecule has 8 heteroatoms. The van der Waals surface area contributed by atoms with Gasteiger partial charge in [-0.3, -0.25) is 14.4 Å². The molecule has 0 radical (unpaired) electrons. The van der Waals surface area contributed by atoms with Gasteiger partial charge in [-0.2, -0.15) is 0 Å². The first-order valence-corrected chi connectivity index (χ1v) is 12.7. The number of carboxylic acids is 1. The molecule has 0 bridgehead atoms. The van der Waals surface area contributed by atoms with Crippen LogP contribution in [-0.2, 0) is 16.0 Å². The highest BCUT2D eigenvalue weighted by atomic mass is 35.5. The molecule has 0 saturated heterocycles. The summed E-state index contributed by atoms with van der Waals surface area (Å²) in [6.45, 7) is 3.58. The summed E-state index contributed by atoms with van der Waals surface area (Å²) < 4.78 is 0. The van der Waals surface area contributed by atoms with Crippen LogP contribution >= 0.6 is 11.6 Å². The molecule has 2 atom stereocenters. The number of hydrogen-bond donors (Lipinski definition) is 3. The lowest BCUT2D eigenvalue weighted by Gasteiger charge is -2.39. The Kier molecular flexibility index (Phi) is 8.14. The molecular formula is C29H30ClN3O4. The van der Waals surface area contributed by atoms with Gasteiger partial charge in [0.2, 0.25) is 5.91 Å². The molecule has 7 nitrogen and oxygen atoms in total. The summed E-state index contributed by atoms with van der Waals surface area (Å²) in [5.41, 5.74) is 4.74. The lowest BCUT2D eigenvalue weighted by Crippen LogP contribution is -2.43. The molecule has 192 valence electrons. The van der Waals surface area contributed by atoms with E-state index in [0.717, 1.165) is 22.5 Å². The number of anilines is 3. The fourth-order valence-electron chi connectivity index (χ4n) is 4.77. The van der Waals surface area contributed by atoms with E-state index >= 15 is 0 Å². The van der Waals surface area contributed by atoms with Crippen molar-refractivity contribution in [2.45, 2.75) is 51.6 Å². The van der Waals surface area contributed by atoms with Crippen LogP contribution in [0, 0.1) is 0 Å². The summed E-state index contributed by atoms with van der Waals surface area (Å²) in [4.78, 5) is 38.0. The lowest BCUT2D eigenvalue weighted by molar-refractivity contribution is -0.137. The van der Waals surface area contributed by atoms with Gasteiger partial charge in [0.1, 0.15) is 0 Å². The van der Waals surface area contributed by atoms with Crippen LogP contribution in [0.15, 0.2) is 66.7 Å². The highest BCUT2D eigenvalue weighted by Gasteiger charge is 2.33. The van der Waals surface area contributed by atoms with E-state index in [0.29, 0.717) is 35.5 Å². The largest absolute Gasteiger partial charge is 0.481 e. The van der Waals surface area contributed by atoms with Gasteiger partial charge in [-0.25, -0.2) is 0 Å². The van der Waals surface area contributed by atoms with Crippen LogP contribution in [0.4, 0.5) is 17.1 Å². The second-order valence-corrected chi connectivity index (χ2v) is 9.79. The van der Waals surface area contributed by atoms with Crippen LogP contribution in [0.1, 0.15) is 60.6 Å². The van der Waals surface area contributed by atoms with E-state index in [1.54, 1.807) is 17.9 Å². The minimum Gasteiger partial charge on any atom is -0.481 e. The normalized spacial score (nSPS) is 16.6. The minimum absolute atomic E-state index is 0.0107. The van der Waals surface area contributed by atoms with Gasteiger partial charge in [0.05, 0.1) is 6.04 Å². The third kappa shape index (κ3) is 6.49. The van der Waals surface area contributed by atoms with Crippen molar-refractivity contribution in [1.29, 1.82) is 0 Å². The maximum absolute atomic E-state index is 13.1. The van der Waals surface area contributed by atoms with Crippen LogP contribution in [0.2, 0.25) is 5.02 Å². The first-order chi connectivity index (χ1) is 17.7. The third-order valence-corrected chi connectivity index (χ3v) is 6.79. The van der Waals surface area contributed by atoms with Gasteiger partial charge in [0, 0.05) is 47.0 Å². The van der Waals surface area contributed by atoms with Crippen molar-refractivity contribution in [3.05, 3.63) is 88.4 Å². The number of carbonyl (C=O) groups excluding carboxylic acids is 2. The van der Waals surface area contributed by atoms with E-state index in [4.69, 9.17) is 16.7 Å². The van der Waals surface area contributed by atoms with Gasteiger partial charge in [0.15, 0.2) is 0 Å². The van der Waals surface area contributed by atoms with E-state index < -0.39 is 5.97 Å². The molecule has 37 heavy (non-hydrogen) atoms. The molecule has 0 saturated carbocycles. The number of carbonyl (C=O) groups is 3.